The number of aromatic nitrogens is 2. The normalized spacial score (nSPS) is 11.4. The van der Waals surface area contributed by atoms with Crippen LogP contribution < -0.4 is 11.1 Å². The minimum Gasteiger partial charge on any atom is -0.397 e. The second-order valence-corrected chi connectivity index (χ2v) is 4.33. The van der Waals surface area contributed by atoms with Crippen LogP contribution in [0.2, 0.25) is 0 Å². The smallest absolute Gasteiger partial charge is 0.390 e. The first-order valence-electron chi connectivity index (χ1n) is 6.12. The predicted molar refractivity (Wildman–Crippen MR) is 71.0 cm³/mol. The molecule has 0 aliphatic rings. The molecule has 0 aliphatic heterocycles. The Kier molecular flexibility index (Phi) is 4.15. The van der Waals surface area contributed by atoms with Gasteiger partial charge in [-0.15, -0.1) is 0 Å². The van der Waals surface area contributed by atoms with E-state index in [1.165, 1.54) is 16.9 Å². The van der Waals surface area contributed by atoms with E-state index >= 15 is 0 Å². The molecule has 21 heavy (non-hydrogen) atoms. The zero-order valence-corrected chi connectivity index (χ0v) is 10.9. The van der Waals surface area contributed by atoms with Crippen molar-refractivity contribution in [2.45, 2.75) is 12.6 Å². The fourth-order valence-electron chi connectivity index (χ4n) is 1.68. The highest BCUT2D eigenvalue weighted by Crippen LogP contribution is 2.18. The molecule has 8 heteroatoms. The van der Waals surface area contributed by atoms with Gasteiger partial charge in [-0.2, -0.15) is 18.3 Å². The van der Waals surface area contributed by atoms with Crippen LogP contribution in [0.25, 0.3) is 5.69 Å². The van der Waals surface area contributed by atoms with Crippen LogP contribution in [0, 0.1) is 0 Å². The molecule has 0 bridgehead atoms. The van der Waals surface area contributed by atoms with Gasteiger partial charge in [0.2, 0.25) is 0 Å². The SMILES string of the molecule is Nc1ccccc1-n1ccc(C(=O)NCCC(F)(F)F)n1. The van der Waals surface area contributed by atoms with E-state index in [0.29, 0.717) is 11.4 Å². The van der Waals surface area contributed by atoms with Crippen molar-refractivity contribution in [3.05, 3.63) is 42.2 Å². The molecule has 0 saturated carbocycles. The number of halogens is 3. The number of nitrogens with two attached hydrogens (primary N) is 1. The van der Waals surface area contributed by atoms with Gasteiger partial charge in [0.15, 0.2) is 5.69 Å². The minimum absolute atomic E-state index is 0.0282. The molecule has 3 N–H and O–H groups in total. The molecule has 5 nitrogen and oxygen atoms in total. The van der Waals surface area contributed by atoms with Gasteiger partial charge in [-0.25, -0.2) is 4.68 Å². The predicted octanol–water partition coefficient (Wildman–Crippen LogP) is 2.14. The molecule has 0 unspecified atom stereocenters. The van der Waals surface area contributed by atoms with Crippen molar-refractivity contribution in [3.8, 4) is 5.69 Å². The van der Waals surface area contributed by atoms with E-state index in [0.717, 1.165) is 0 Å². The van der Waals surface area contributed by atoms with Gasteiger partial charge >= 0.3 is 6.18 Å². The standard InChI is InChI=1S/C13H13F3N4O/c14-13(15,16)6-7-18-12(21)10-5-8-20(19-10)11-4-2-1-3-9(11)17/h1-5,8H,6-7,17H2,(H,18,21). The lowest BCUT2D eigenvalue weighted by Gasteiger charge is -2.07. The Hall–Kier alpha value is -2.51. The van der Waals surface area contributed by atoms with Crippen molar-refractivity contribution >= 4 is 11.6 Å². The molecule has 1 aromatic carbocycles. The first-order valence-corrected chi connectivity index (χ1v) is 6.12. The third-order valence-electron chi connectivity index (χ3n) is 2.70. The third-order valence-corrected chi connectivity index (χ3v) is 2.70. The Morgan fingerprint density at radius 2 is 2.00 bits per heavy atom. The average Bonchev–Trinajstić information content (AvgIpc) is 2.87. The van der Waals surface area contributed by atoms with Crippen LogP contribution in [0.5, 0.6) is 0 Å². The number of hydrogen-bond acceptors (Lipinski definition) is 3. The van der Waals surface area contributed by atoms with E-state index in [2.05, 4.69) is 10.4 Å². The fourth-order valence-corrected chi connectivity index (χ4v) is 1.68. The fraction of sp³-hybridized carbons (Fsp3) is 0.231. The first kappa shape index (κ1) is 14.9. The number of carbonyl (C=O) groups excluding carboxylic acids is 1. The van der Waals surface area contributed by atoms with Crippen LogP contribution in [0.3, 0.4) is 0 Å². The Balaban J connectivity index is 2.03. The number of anilines is 1. The van der Waals surface area contributed by atoms with Crippen molar-refractivity contribution in [1.29, 1.82) is 0 Å². The van der Waals surface area contributed by atoms with E-state index in [4.69, 9.17) is 5.73 Å². The van der Waals surface area contributed by atoms with Crippen molar-refractivity contribution in [2.24, 2.45) is 0 Å². The summed E-state index contributed by atoms with van der Waals surface area (Å²) in [6, 6.07) is 8.33. The van der Waals surface area contributed by atoms with Crippen LogP contribution in [-0.2, 0) is 0 Å². The number of para-hydroxylation sites is 2. The van der Waals surface area contributed by atoms with Crippen molar-refractivity contribution in [1.82, 2.24) is 15.1 Å². The number of nitrogens with zero attached hydrogens (tertiary/aromatic N) is 2. The molecular weight excluding hydrogens is 285 g/mol. The highest BCUT2D eigenvalue weighted by molar-refractivity contribution is 5.92. The first-order chi connectivity index (χ1) is 9.87. The number of rotatable bonds is 4. The lowest BCUT2D eigenvalue weighted by Crippen LogP contribution is -2.28. The van der Waals surface area contributed by atoms with Gasteiger partial charge in [-0.3, -0.25) is 4.79 Å². The maximum absolute atomic E-state index is 12.0. The van der Waals surface area contributed by atoms with Gasteiger partial charge < -0.3 is 11.1 Å². The zero-order valence-electron chi connectivity index (χ0n) is 10.9. The summed E-state index contributed by atoms with van der Waals surface area (Å²) >= 11 is 0. The van der Waals surface area contributed by atoms with Crippen LogP contribution in [0.15, 0.2) is 36.5 Å². The molecule has 0 saturated heterocycles. The minimum atomic E-state index is -4.30. The van der Waals surface area contributed by atoms with Gasteiger partial charge in [0.25, 0.3) is 5.91 Å². The molecule has 0 fully saturated rings. The molecule has 2 rings (SSSR count). The van der Waals surface area contributed by atoms with Crippen LogP contribution >= 0.6 is 0 Å². The third kappa shape index (κ3) is 3.98. The molecular formula is C13H13F3N4O. The molecule has 1 amide bonds. The van der Waals surface area contributed by atoms with Crippen LogP contribution in [0.4, 0.5) is 18.9 Å². The topological polar surface area (TPSA) is 72.9 Å². The second kappa shape index (κ2) is 5.86. The maximum atomic E-state index is 12.0. The highest BCUT2D eigenvalue weighted by atomic mass is 19.4. The summed E-state index contributed by atoms with van der Waals surface area (Å²) in [6.07, 6.45) is -3.86. The summed E-state index contributed by atoms with van der Waals surface area (Å²) in [5, 5.41) is 6.17. The number of benzene rings is 1. The van der Waals surface area contributed by atoms with Gasteiger partial charge in [0, 0.05) is 12.7 Å². The van der Waals surface area contributed by atoms with E-state index < -0.39 is 25.0 Å². The van der Waals surface area contributed by atoms with E-state index in [-0.39, 0.29) is 5.69 Å². The number of nitrogen functional groups attached to an aromatic ring is 1. The average molecular weight is 298 g/mol. The maximum Gasteiger partial charge on any atom is 0.390 e. The van der Waals surface area contributed by atoms with E-state index in [9.17, 15) is 18.0 Å². The summed E-state index contributed by atoms with van der Waals surface area (Å²) in [4.78, 5) is 11.7. The van der Waals surface area contributed by atoms with Crippen LogP contribution in [-0.4, -0.2) is 28.4 Å². The Labute approximate surface area is 118 Å². The molecule has 112 valence electrons. The largest absolute Gasteiger partial charge is 0.397 e. The monoisotopic (exact) mass is 298 g/mol. The quantitative estimate of drug-likeness (QED) is 0.849. The number of hydrogen-bond donors (Lipinski definition) is 2. The number of carbonyl (C=O) groups is 1. The highest BCUT2D eigenvalue weighted by Gasteiger charge is 2.26. The molecule has 2 aromatic rings. The summed E-state index contributed by atoms with van der Waals surface area (Å²) < 4.78 is 37.4. The van der Waals surface area contributed by atoms with Crippen molar-refractivity contribution in [2.75, 3.05) is 12.3 Å². The van der Waals surface area contributed by atoms with Gasteiger partial charge in [0.1, 0.15) is 0 Å². The Morgan fingerprint density at radius 3 is 2.67 bits per heavy atom. The lowest BCUT2D eigenvalue weighted by molar-refractivity contribution is -0.132. The Morgan fingerprint density at radius 1 is 1.29 bits per heavy atom. The zero-order chi connectivity index (χ0) is 15.5. The second-order valence-electron chi connectivity index (χ2n) is 4.33. The molecule has 0 aliphatic carbocycles. The molecule has 0 radical (unpaired) electrons. The summed E-state index contributed by atoms with van der Waals surface area (Å²) in [6.45, 7) is -0.483. The summed E-state index contributed by atoms with van der Waals surface area (Å²) in [5.41, 5.74) is 6.87. The van der Waals surface area contributed by atoms with Crippen molar-refractivity contribution in [3.63, 3.8) is 0 Å². The summed E-state index contributed by atoms with van der Waals surface area (Å²) in [7, 11) is 0. The van der Waals surface area contributed by atoms with Crippen LogP contribution in [0.1, 0.15) is 16.9 Å². The molecule has 0 spiro atoms. The summed E-state index contributed by atoms with van der Waals surface area (Å²) in [5.74, 6) is -0.660. The molecule has 1 aromatic heterocycles. The van der Waals surface area contributed by atoms with Gasteiger partial charge in [0.05, 0.1) is 17.8 Å². The van der Waals surface area contributed by atoms with Gasteiger partial charge in [-0.05, 0) is 18.2 Å². The molecule has 0 atom stereocenters. The van der Waals surface area contributed by atoms with E-state index in [1.807, 2.05) is 0 Å². The van der Waals surface area contributed by atoms with E-state index in [1.54, 1.807) is 24.3 Å². The Bertz CT molecular complexity index is 636. The number of nitrogens with one attached hydrogen (secondary N) is 1. The lowest BCUT2D eigenvalue weighted by atomic mass is 10.3. The molecule has 1 heterocycles. The number of alkyl halides is 3. The number of amides is 1. The van der Waals surface area contributed by atoms with Gasteiger partial charge in [-0.1, -0.05) is 12.1 Å². The van der Waals surface area contributed by atoms with Crippen molar-refractivity contribution < 1.29 is 18.0 Å².